The van der Waals surface area contributed by atoms with Gasteiger partial charge in [-0.3, -0.25) is 9.69 Å². The molecule has 1 atom stereocenters. The smallest absolute Gasteiger partial charge is 0.238 e. The number of morpholine rings is 1. The van der Waals surface area contributed by atoms with Gasteiger partial charge in [-0.15, -0.1) is 0 Å². The molecule has 6 heteroatoms. The maximum Gasteiger partial charge on any atom is 0.238 e. The number of carbonyl (C=O) groups is 1. The molecule has 1 aromatic rings. The highest BCUT2D eigenvalue weighted by molar-refractivity contribution is 9.10. The number of rotatable bonds is 4. The molecule has 1 aliphatic rings. The van der Waals surface area contributed by atoms with Crippen molar-refractivity contribution in [3.8, 4) is 0 Å². The third-order valence-corrected chi connectivity index (χ3v) is 3.85. The van der Waals surface area contributed by atoms with Crippen LogP contribution in [0, 0.1) is 6.92 Å². The summed E-state index contributed by atoms with van der Waals surface area (Å²) in [4.78, 5) is 14.0. The van der Waals surface area contributed by atoms with Crippen molar-refractivity contribution >= 4 is 27.5 Å². The number of hydrogen-bond donors (Lipinski definition) is 2. The highest BCUT2D eigenvalue weighted by atomic mass is 79.9. The number of anilines is 1. The molecule has 2 N–H and O–H groups in total. The van der Waals surface area contributed by atoms with Gasteiger partial charge in [0.25, 0.3) is 0 Å². The molecule has 1 amide bonds. The van der Waals surface area contributed by atoms with Crippen LogP contribution in [-0.2, 0) is 9.53 Å². The Balaban J connectivity index is 1.88. The molecule has 110 valence electrons. The number of aliphatic hydroxyl groups is 1. The number of halogens is 1. The van der Waals surface area contributed by atoms with Crippen LogP contribution in [0.3, 0.4) is 0 Å². The fraction of sp³-hybridized carbons (Fsp3) is 0.500. The molecule has 0 aliphatic carbocycles. The first-order chi connectivity index (χ1) is 9.58. The van der Waals surface area contributed by atoms with E-state index in [0.717, 1.165) is 15.7 Å². The number of aryl methyl sites for hydroxylation is 1. The average Bonchev–Trinajstić information content (AvgIpc) is 2.42. The molecule has 0 bridgehead atoms. The minimum atomic E-state index is -0.192. The molecular weight excluding hydrogens is 324 g/mol. The summed E-state index contributed by atoms with van der Waals surface area (Å²) in [6.45, 7) is 4.13. The molecule has 1 aliphatic heterocycles. The molecule has 0 saturated carbocycles. The van der Waals surface area contributed by atoms with Crippen LogP contribution < -0.4 is 5.32 Å². The first kappa shape index (κ1) is 15.4. The van der Waals surface area contributed by atoms with Crippen LogP contribution in [0.15, 0.2) is 22.7 Å². The first-order valence-corrected chi connectivity index (χ1v) is 7.38. The molecule has 0 spiro atoms. The number of nitrogens with one attached hydrogen (secondary N) is 1. The van der Waals surface area contributed by atoms with Crippen molar-refractivity contribution < 1.29 is 14.6 Å². The fourth-order valence-electron chi connectivity index (χ4n) is 2.15. The lowest BCUT2D eigenvalue weighted by Crippen LogP contribution is -2.46. The maximum atomic E-state index is 12.0. The first-order valence-electron chi connectivity index (χ1n) is 6.59. The molecule has 5 nitrogen and oxygen atoms in total. The van der Waals surface area contributed by atoms with Gasteiger partial charge in [-0.25, -0.2) is 0 Å². The Labute approximate surface area is 127 Å². The quantitative estimate of drug-likeness (QED) is 0.867. The van der Waals surface area contributed by atoms with E-state index in [9.17, 15) is 4.79 Å². The highest BCUT2D eigenvalue weighted by Gasteiger charge is 2.21. The predicted octanol–water partition coefficient (Wildman–Crippen LogP) is 1.39. The van der Waals surface area contributed by atoms with E-state index in [2.05, 4.69) is 21.2 Å². The van der Waals surface area contributed by atoms with E-state index in [0.29, 0.717) is 26.2 Å². The van der Waals surface area contributed by atoms with E-state index in [1.54, 1.807) is 0 Å². The number of amides is 1. The van der Waals surface area contributed by atoms with Gasteiger partial charge in [0, 0.05) is 17.6 Å². The predicted molar refractivity (Wildman–Crippen MR) is 80.8 cm³/mol. The van der Waals surface area contributed by atoms with Crippen molar-refractivity contribution in [3.63, 3.8) is 0 Å². The lowest BCUT2D eigenvalue weighted by Gasteiger charge is -2.31. The minimum absolute atomic E-state index is 0.0123. The van der Waals surface area contributed by atoms with Crippen LogP contribution in [0.4, 0.5) is 5.69 Å². The Kier molecular flexibility index (Phi) is 5.54. The van der Waals surface area contributed by atoms with Crippen molar-refractivity contribution in [2.45, 2.75) is 13.0 Å². The Hall–Kier alpha value is -0.950. The van der Waals surface area contributed by atoms with Crippen molar-refractivity contribution in [1.29, 1.82) is 0 Å². The van der Waals surface area contributed by atoms with Gasteiger partial charge in [-0.1, -0.05) is 6.07 Å². The number of hydrogen-bond acceptors (Lipinski definition) is 4. The van der Waals surface area contributed by atoms with Gasteiger partial charge in [0.1, 0.15) is 0 Å². The summed E-state index contributed by atoms with van der Waals surface area (Å²) in [5.41, 5.74) is 1.90. The van der Waals surface area contributed by atoms with Crippen LogP contribution in [0.25, 0.3) is 0 Å². The zero-order valence-electron chi connectivity index (χ0n) is 11.4. The Bertz CT molecular complexity index is 481. The zero-order chi connectivity index (χ0) is 14.5. The van der Waals surface area contributed by atoms with Crippen LogP contribution in [-0.4, -0.2) is 54.9 Å². The normalized spacial score (nSPS) is 19.9. The van der Waals surface area contributed by atoms with Crippen LogP contribution >= 0.6 is 15.9 Å². The van der Waals surface area contributed by atoms with E-state index in [1.807, 2.05) is 30.0 Å². The molecular formula is C14H19BrN2O3. The summed E-state index contributed by atoms with van der Waals surface area (Å²) < 4.78 is 6.23. The number of benzene rings is 1. The summed E-state index contributed by atoms with van der Waals surface area (Å²) in [6.07, 6.45) is -0.192. The van der Waals surface area contributed by atoms with Crippen LogP contribution in [0.2, 0.25) is 0 Å². The van der Waals surface area contributed by atoms with Gasteiger partial charge in [0.15, 0.2) is 0 Å². The van der Waals surface area contributed by atoms with Crippen LogP contribution in [0.1, 0.15) is 5.56 Å². The summed E-state index contributed by atoms with van der Waals surface area (Å²) >= 11 is 3.44. The molecule has 1 saturated heterocycles. The van der Waals surface area contributed by atoms with E-state index < -0.39 is 0 Å². The number of aliphatic hydroxyl groups excluding tert-OH is 1. The lowest BCUT2D eigenvalue weighted by molar-refractivity contribution is -0.120. The monoisotopic (exact) mass is 342 g/mol. The summed E-state index contributed by atoms with van der Waals surface area (Å²) in [7, 11) is 0. The second-order valence-electron chi connectivity index (χ2n) is 4.94. The van der Waals surface area contributed by atoms with Crippen molar-refractivity contribution in [2.24, 2.45) is 0 Å². The van der Waals surface area contributed by atoms with Gasteiger partial charge in [-0.2, -0.15) is 0 Å². The van der Waals surface area contributed by atoms with Gasteiger partial charge >= 0.3 is 0 Å². The number of ether oxygens (including phenoxy) is 1. The Morgan fingerprint density at radius 2 is 2.40 bits per heavy atom. The molecule has 0 radical (unpaired) electrons. The maximum absolute atomic E-state index is 12.0. The standard InChI is InChI=1S/C14H19BrN2O3/c1-10-2-3-13(12(15)6-10)16-14(19)8-17-4-5-20-11(7-17)9-18/h2-3,6,11,18H,4-5,7-9H2,1H3,(H,16,19). The summed E-state index contributed by atoms with van der Waals surface area (Å²) in [5, 5.41) is 12.0. The number of carbonyl (C=O) groups excluding carboxylic acids is 1. The molecule has 2 rings (SSSR count). The SMILES string of the molecule is Cc1ccc(NC(=O)CN2CCOC(CO)C2)c(Br)c1. The average molecular weight is 343 g/mol. The summed E-state index contributed by atoms with van der Waals surface area (Å²) in [6, 6.07) is 5.80. The molecule has 20 heavy (non-hydrogen) atoms. The van der Waals surface area contributed by atoms with E-state index in [1.165, 1.54) is 0 Å². The third kappa shape index (κ3) is 4.28. The molecule has 1 heterocycles. The van der Waals surface area contributed by atoms with Gasteiger partial charge < -0.3 is 15.2 Å². The summed E-state index contributed by atoms with van der Waals surface area (Å²) in [5.74, 6) is -0.0619. The van der Waals surface area contributed by atoms with E-state index >= 15 is 0 Å². The Morgan fingerprint density at radius 1 is 1.60 bits per heavy atom. The molecule has 1 fully saturated rings. The third-order valence-electron chi connectivity index (χ3n) is 3.19. The largest absolute Gasteiger partial charge is 0.394 e. The minimum Gasteiger partial charge on any atom is -0.394 e. The Morgan fingerprint density at radius 3 is 3.10 bits per heavy atom. The number of nitrogens with zero attached hydrogens (tertiary/aromatic N) is 1. The lowest BCUT2D eigenvalue weighted by atomic mass is 10.2. The van der Waals surface area contributed by atoms with E-state index in [4.69, 9.17) is 9.84 Å². The second kappa shape index (κ2) is 7.17. The van der Waals surface area contributed by atoms with E-state index in [-0.39, 0.29) is 18.6 Å². The molecule has 1 aromatic carbocycles. The van der Waals surface area contributed by atoms with Crippen LogP contribution in [0.5, 0.6) is 0 Å². The molecule has 1 unspecified atom stereocenters. The van der Waals surface area contributed by atoms with Crippen molar-refractivity contribution in [3.05, 3.63) is 28.2 Å². The second-order valence-corrected chi connectivity index (χ2v) is 5.80. The fourth-order valence-corrected chi connectivity index (χ4v) is 2.74. The van der Waals surface area contributed by atoms with Crippen molar-refractivity contribution in [1.82, 2.24) is 4.90 Å². The van der Waals surface area contributed by atoms with Crippen molar-refractivity contribution in [2.75, 3.05) is 38.2 Å². The van der Waals surface area contributed by atoms with Gasteiger partial charge in [0.2, 0.25) is 5.91 Å². The zero-order valence-corrected chi connectivity index (χ0v) is 13.0. The topological polar surface area (TPSA) is 61.8 Å². The molecule has 0 aromatic heterocycles. The van der Waals surface area contributed by atoms with Gasteiger partial charge in [-0.05, 0) is 40.5 Å². The highest BCUT2D eigenvalue weighted by Crippen LogP contribution is 2.23. The van der Waals surface area contributed by atoms with Gasteiger partial charge in [0.05, 0.1) is 31.5 Å².